The Balaban J connectivity index is 2.17. The largest absolute Gasteiger partial charge is 0.381 e. The molecule has 0 spiro atoms. The van der Waals surface area contributed by atoms with Crippen molar-refractivity contribution in [3.63, 3.8) is 0 Å². The Morgan fingerprint density at radius 1 is 1.25 bits per heavy atom. The van der Waals surface area contributed by atoms with Crippen molar-refractivity contribution in [3.05, 3.63) is 0 Å². The number of rotatable bonds is 0. The van der Waals surface area contributed by atoms with Crippen LogP contribution >= 0.6 is 0 Å². The Morgan fingerprint density at radius 2 is 2.12 bits per heavy atom. The zero-order valence-electron chi connectivity index (χ0n) is 4.93. The minimum atomic E-state index is -0.350. The van der Waals surface area contributed by atoms with Crippen molar-refractivity contribution in [3.8, 4) is 0 Å². The van der Waals surface area contributed by atoms with Crippen molar-refractivity contribution in [1.82, 2.24) is 0 Å². The molecule has 47 valence electrons. The Hall–Kier alpha value is -0.0800. The molecule has 1 radical (unpaired) electrons. The first-order chi connectivity index (χ1) is 3.89. The van der Waals surface area contributed by atoms with Gasteiger partial charge in [0.05, 0.1) is 6.10 Å². The molecule has 1 rings (SSSR count). The highest BCUT2D eigenvalue weighted by atomic mass is 16.5. The molecule has 0 aromatic carbocycles. The van der Waals surface area contributed by atoms with Crippen LogP contribution in [0.25, 0.3) is 0 Å². The van der Waals surface area contributed by atoms with Crippen LogP contribution < -0.4 is 0 Å². The number of hydrogen-bond donors (Lipinski definition) is 0. The van der Waals surface area contributed by atoms with Crippen LogP contribution in [0.15, 0.2) is 0 Å². The van der Waals surface area contributed by atoms with Gasteiger partial charge in [-0.3, -0.25) is 0 Å². The normalized spacial score (nSPS) is 31.9. The fraction of sp³-hybridized carbons (Fsp3) is 1.00. The van der Waals surface area contributed by atoms with E-state index in [0.29, 0.717) is 13.0 Å². The Labute approximate surface area is 49.5 Å². The summed E-state index contributed by atoms with van der Waals surface area (Å²) in [6, 6.07) is 0. The van der Waals surface area contributed by atoms with Crippen molar-refractivity contribution in [2.24, 2.45) is 0 Å². The van der Waals surface area contributed by atoms with Crippen LogP contribution in [0.4, 0.5) is 0 Å². The van der Waals surface area contributed by atoms with E-state index in [1.54, 1.807) is 0 Å². The van der Waals surface area contributed by atoms with E-state index in [1.165, 1.54) is 0 Å². The molecule has 0 amide bonds. The van der Waals surface area contributed by atoms with E-state index >= 15 is 0 Å². The molecule has 0 aromatic heterocycles. The summed E-state index contributed by atoms with van der Waals surface area (Å²) >= 11 is 0. The molecule has 1 unspecified atom stereocenters. The molecule has 2 nitrogen and oxygen atoms in total. The van der Waals surface area contributed by atoms with Crippen molar-refractivity contribution < 1.29 is 9.84 Å². The van der Waals surface area contributed by atoms with Crippen LogP contribution in [-0.2, 0) is 9.84 Å². The van der Waals surface area contributed by atoms with E-state index in [4.69, 9.17) is 4.74 Å². The second-order valence-corrected chi connectivity index (χ2v) is 2.17. The van der Waals surface area contributed by atoms with Gasteiger partial charge in [0.15, 0.2) is 0 Å². The van der Waals surface area contributed by atoms with Crippen LogP contribution in [-0.4, -0.2) is 19.3 Å². The number of hydrogen-bond acceptors (Lipinski definition) is 1. The minimum absolute atomic E-state index is 0.350. The number of ether oxygens (including phenoxy) is 1. The third kappa shape index (κ3) is 1.80. The third-order valence-corrected chi connectivity index (χ3v) is 1.40. The van der Waals surface area contributed by atoms with Gasteiger partial charge in [-0.05, 0) is 12.8 Å². The van der Waals surface area contributed by atoms with Crippen LogP contribution in [0.5, 0.6) is 0 Å². The molecule has 1 aliphatic heterocycles. The molecule has 0 aliphatic carbocycles. The van der Waals surface area contributed by atoms with Crippen LogP contribution in [0.3, 0.4) is 0 Å². The van der Waals surface area contributed by atoms with Crippen molar-refractivity contribution in [1.29, 1.82) is 0 Å². The standard InChI is InChI=1S/C6H11O2/c7-6-2-1-4-8-5-3-6/h6H,1-5H2. The Morgan fingerprint density at radius 3 is 3.00 bits per heavy atom. The first-order valence-electron chi connectivity index (χ1n) is 3.13. The lowest BCUT2D eigenvalue weighted by molar-refractivity contribution is 0.0658. The van der Waals surface area contributed by atoms with Crippen LogP contribution in [0, 0.1) is 0 Å². The molecule has 1 saturated heterocycles. The Kier molecular flexibility index (Phi) is 2.30. The van der Waals surface area contributed by atoms with E-state index in [9.17, 15) is 5.11 Å². The van der Waals surface area contributed by atoms with Crippen molar-refractivity contribution >= 4 is 0 Å². The maximum absolute atomic E-state index is 10.7. The average molecular weight is 115 g/mol. The molecule has 1 fully saturated rings. The predicted molar refractivity (Wildman–Crippen MR) is 29.1 cm³/mol. The highest BCUT2D eigenvalue weighted by Crippen LogP contribution is 2.07. The quantitative estimate of drug-likeness (QED) is 0.462. The first-order valence-corrected chi connectivity index (χ1v) is 3.13. The van der Waals surface area contributed by atoms with E-state index in [0.717, 1.165) is 19.4 Å². The summed E-state index contributed by atoms with van der Waals surface area (Å²) in [6.45, 7) is 1.47. The summed E-state index contributed by atoms with van der Waals surface area (Å²) < 4.78 is 5.06. The summed E-state index contributed by atoms with van der Waals surface area (Å²) in [6.07, 6.45) is 2.12. The fourth-order valence-electron chi connectivity index (χ4n) is 0.874. The molecule has 0 bridgehead atoms. The van der Waals surface area contributed by atoms with Gasteiger partial charge in [0.1, 0.15) is 0 Å². The Bertz CT molecular complexity index is 55.5. The van der Waals surface area contributed by atoms with Crippen LogP contribution in [0.1, 0.15) is 19.3 Å². The summed E-state index contributed by atoms with van der Waals surface area (Å²) in [5.74, 6) is 0. The maximum atomic E-state index is 10.7. The van der Waals surface area contributed by atoms with Gasteiger partial charge in [-0.2, -0.15) is 0 Å². The molecule has 1 atom stereocenters. The smallest absolute Gasteiger partial charge is 0.0952 e. The molecule has 0 saturated carbocycles. The van der Waals surface area contributed by atoms with Gasteiger partial charge in [-0.15, -0.1) is 0 Å². The first kappa shape index (κ1) is 6.05. The molecule has 1 heterocycles. The van der Waals surface area contributed by atoms with E-state index in [-0.39, 0.29) is 6.10 Å². The second-order valence-electron chi connectivity index (χ2n) is 2.17. The van der Waals surface area contributed by atoms with Gasteiger partial charge in [0, 0.05) is 19.6 Å². The van der Waals surface area contributed by atoms with Gasteiger partial charge in [0.2, 0.25) is 0 Å². The maximum Gasteiger partial charge on any atom is 0.0952 e. The monoisotopic (exact) mass is 115 g/mol. The molecular weight excluding hydrogens is 104 g/mol. The summed E-state index contributed by atoms with van der Waals surface area (Å²) in [7, 11) is 0. The van der Waals surface area contributed by atoms with Crippen molar-refractivity contribution in [2.75, 3.05) is 13.2 Å². The van der Waals surface area contributed by atoms with Crippen molar-refractivity contribution in [2.45, 2.75) is 25.4 Å². The molecular formula is C6H11O2. The molecule has 0 N–H and O–H groups in total. The highest BCUT2D eigenvalue weighted by Gasteiger charge is 2.08. The van der Waals surface area contributed by atoms with Crippen LogP contribution in [0.2, 0.25) is 0 Å². The van der Waals surface area contributed by atoms with E-state index < -0.39 is 0 Å². The van der Waals surface area contributed by atoms with Gasteiger partial charge in [-0.1, -0.05) is 0 Å². The lowest BCUT2D eigenvalue weighted by Crippen LogP contribution is -2.02. The predicted octanol–water partition coefficient (Wildman–Crippen LogP) is 0.986. The zero-order chi connectivity index (χ0) is 5.82. The van der Waals surface area contributed by atoms with Gasteiger partial charge < -0.3 is 4.74 Å². The van der Waals surface area contributed by atoms with Gasteiger partial charge >= 0.3 is 0 Å². The zero-order valence-corrected chi connectivity index (χ0v) is 4.93. The van der Waals surface area contributed by atoms with E-state index in [1.807, 2.05) is 0 Å². The minimum Gasteiger partial charge on any atom is -0.381 e. The fourth-order valence-corrected chi connectivity index (χ4v) is 0.874. The summed E-state index contributed by atoms with van der Waals surface area (Å²) in [4.78, 5) is 0. The molecule has 8 heavy (non-hydrogen) atoms. The molecule has 0 aromatic rings. The van der Waals surface area contributed by atoms with Gasteiger partial charge in [0.25, 0.3) is 0 Å². The van der Waals surface area contributed by atoms with E-state index in [2.05, 4.69) is 0 Å². The highest BCUT2D eigenvalue weighted by molar-refractivity contribution is 4.57. The second kappa shape index (κ2) is 3.05. The molecule has 1 aliphatic rings. The third-order valence-electron chi connectivity index (χ3n) is 1.40. The lowest BCUT2D eigenvalue weighted by Gasteiger charge is -1.97. The topological polar surface area (TPSA) is 29.1 Å². The summed E-state index contributed by atoms with van der Waals surface area (Å²) in [5, 5.41) is 10.7. The summed E-state index contributed by atoms with van der Waals surface area (Å²) in [5.41, 5.74) is 0. The lowest BCUT2D eigenvalue weighted by atomic mass is 10.2. The SMILES string of the molecule is [O]C1CCCOCC1. The molecule has 2 heteroatoms. The average Bonchev–Trinajstić information content (AvgIpc) is 1.94. The van der Waals surface area contributed by atoms with Gasteiger partial charge in [-0.25, -0.2) is 5.11 Å².